The Balaban J connectivity index is 1.59. The average Bonchev–Trinajstić information content (AvgIpc) is 3.00. The van der Waals surface area contributed by atoms with Crippen molar-refractivity contribution in [2.75, 3.05) is 25.0 Å². The molecule has 0 aliphatic carbocycles. The van der Waals surface area contributed by atoms with E-state index in [1.165, 1.54) is 16.5 Å². The molecule has 3 aromatic rings. The second-order valence-corrected chi connectivity index (χ2v) is 8.02. The largest absolute Gasteiger partial charge is 0.306 e. The van der Waals surface area contributed by atoms with E-state index < -0.39 is 0 Å². The van der Waals surface area contributed by atoms with E-state index in [0.717, 1.165) is 36.1 Å². The number of amides is 1. The van der Waals surface area contributed by atoms with Crippen LogP contribution in [0.1, 0.15) is 33.8 Å². The summed E-state index contributed by atoms with van der Waals surface area (Å²) in [7, 11) is 2.18. The van der Waals surface area contributed by atoms with Crippen molar-refractivity contribution < 1.29 is 4.79 Å². The number of benzene rings is 3. The van der Waals surface area contributed by atoms with Crippen LogP contribution < -0.4 is 4.90 Å². The van der Waals surface area contributed by atoms with Gasteiger partial charge in [0.2, 0.25) is 0 Å². The number of fused-ring (bicyclic) bond motifs is 4. The highest BCUT2D eigenvalue weighted by molar-refractivity contribution is 6.09. The van der Waals surface area contributed by atoms with Crippen LogP contribution in [-0.4, -0.2) is 37.0 Å². The number of hydrogen-bond donors (Lipinski definition) is 0. The molecule has 0 unspecified atom stereocenters. The van der Waals surface area contributed by atoms with Gasteiger partial charge in [-0.15, -0.1) is 0 Å². The normalized spacial score (nSPS) is 21.9. The summed E-state index contributed by atoms with van der Waals surface area (Å²) in [6.07, 6.45) is 1.02. The summed E-state index contributed by atoms with van der Waals surface area (Å²) in [5.74, 6) is 0.533. The monoisotopic (exact) mass is 356 g/mol. The van der Waals surface area contributed by atoms with Crippen LogP contribution in [0.3, 0.4) is 0 Å². The highest BCUT2D eigenvalue weighted by Crippen LogP contribution is 2.45. The Hall–Kier alpha value is -2.65. The van der Waals surface area contributed by atoms with E-state index in [1.54, 1.807) is 0 Å². The maximum absolute atomic E-state index is 13.6. The first-order valence-corrected chi connectivity index (χ1v) is 9.73. The number of aryl methyl sites for hydroxylation is 1. The molecule has 1 saturated heterocycles. The zero-order chi connectivity index (χ0) is 18.5. The summed E-state index contributed by atoms with van der Waals surface area (Å²) < 4.78 is 0. The Morgan fingerprint density at radius 1 is 1.00 bits per heavy atom. The van der Waals surface area contributed by atoms with Crippen LogP contribution in [0.5, 0.6) is 0 Å². The lowest BCUT2D eigenvalue weighted by molar-refractivity contribution is 0.0965. The van der Waals surface area contributed by atoms with Crippen LogP contribution in [0.25, 0.3) is 10.8 Å². The predicted octanol–water partition coefficient (Wildman–Crippen LogP) is 4.60. The van der Waals surface area contributed by atoms with Crippen molar-refractivity contribution in [3.63, 3.8) is 0 Å². The summed E-state index contributed by atoms with van der Waals surface area (Å²) in [5.41, 5.74) is 4.48. The second-order valence-electron chi connectivity index (χ2n) is 8.02. The zero-order valence-corrected chi connectivity index (χ0v) is 15.9. The predicted molar refractivity (Wildman–Crippen MR) is 111 cm³/mol. The lowest BCUT2D eigenvalue weighted by Crippen LogP contribution is -2.47. The summed E-state index contributed by atoms with van der Waals surface area (Å²) >= 11 is 0. The quantitative estimate of drug-likeness (QED) is 0.636. The smallest absolute Gasteiger partial charge is 0.258 e. The first-order valence-electron chi connectivity index (χ1n) is 9.73. The van der Waals surface area contributed by atoms with Gasteiger partial charge in [-0.25, -0.2) is 0 Å². The molecule has 1 fully saturated rings. The zero-order valence-electron chi connectivity index (χ0n) is 15.9. The van der Waals surface area contributed by atoms with Gasteiger partial charge in [0.25, 0.3) is 5.91 Å². The van der Waals surface area contributed by atoms with Gasteiger partial charge >= 0.3 is 0 Å². The van der Waals surface area contributed by atoms with Crippen molar-refractivity contribution in [2.45, 2.75) is 25.3 Å². The second kappa shape index (κ2) is 6.21. The first kappa shape index (κ1) is 16.5. The molecule has 3 nitrogen and oxygen atoms in total. The molecule has 3 aromatic carbocycles. The number of hydrogen-bond acceptors (Lipinski definition) is 2. The maximum Gasteiger partial charge on any atom is 0.258 e. The van der Waals surface area contributed by atoms with E-state index in [0.29, 0.717) is 5.92 Å². The van der Waals surface area contributed by atoms with Gasteiger partial charge in [-0.05, 0) is 61.5 Å². The number of carbonyl (C=O) groups excluding carboxylic acids is 1. The minimum absolute atomic E-state index is 0.128. The molecule has 2 aliphatic rings. The third-order valence-electron chi connectivity index (χ3n) is 6.17. The number of carbonyl (C=O) groups is 1. The summed E-state index contributed by atoms with van der Waals surface area (Å²) in [6, 6.07) is 21.1. The van der Waals surface area contributed by atoms with Gasteiger partial charge in [0.05, 0.1) is 0 Å². The van der Waals surface area contributed by atoms with E-state index in [9.17, 15) is 4.79 Å². The van der Waals surface area contributed by atoms with E-state index in [2.05, 4.69) is 60.2 Å². The number of piperidine rings is 1. The van der Waals surface area contributed by atoms with E-state index in [-0.39, 0.29) is 11.9 Å². The highest BCUT2D eigenvalue weighted by atomic mass is 16.2. The Labute approximate surface area is 160 Å². The third-order valence-corrected chi connectivity index (χ3v) is 6.17. The fourth-order valence-corrected chi connectivity index (χ4v) is 4.81. The topological polar surface area (TPSA) is 23.6 Å². The molecule has 1 amide bonds. The van der Waals surface area contributed by atoms with Crippen molar-refractivity contribution in [1.29, 1.82) is 0 Å². The van der Waals surface area contributed by atoms with Gasteiger partial charge in [-0.1, -0.05) is 48.0 Å². The molecule has 2 aliphatic heterocycles. The molecule has 136 valence electrons. The highest BCUT2D eigenvalue weighted by Gasteiger charge is 2.44. The molecule has 0 saturated carbocycles. The van der Waals surface area contributed by atoms with Crippen LogP contribution in [0.2, 0.25) is 0 Å². The first-order chi connectivity index (χ1) is 13.1. The molecule has 0 spiro atoms. The van der Waals surface area contributed by atoms with Gasteiger partial charge in [-0.3, -0.25) is 4.79 Å². The van der Waals surface area contributed by atoms with E-state index in [4.69, 9.17) is 0 Å². The SMILES string of the molecule is Cc1ccc2c(c1)[C@H]1CN(C)CC[C@@H]1N2C(=O)c1ccc2ccccc2c1. The lowest BCUT2D eigenvalue weighted by atomic mass is 9.88. The molecule has 2 heterocycles. The van der Waals surface area contributed by atoms with Crippen molar-refractivity contribution in [2.24, 2.45) is 0 Å². The maximum atomic E-state index is 13.6. The van der Waals surface area contributed by atoms with Crippen molar-refractivity contribution in [3.8, 4) is 0 Å². The number of anilines is 1. The van der Waals surface area contributed by atoms with Gasteiger partial charge in [-0.2, -0.15) is 0 Å². The Kier molecular flexibility index (Phi) is 3.80. The van der Waals surface area contributed by atoms with Gasteiger partial charge in [0.1, 0.15) is 0 Å². The Morgan fingerprint density at radius 3 is 2.67 bits per heavy atom. The minimum atomic E-state index is 0.128. The number of nitrogens with zero attached hydrogens (tertiary/aromatic N) is 2. The van der Waals surface area contributed by atoms with Crippen LogP contribution in [-0.2, 0) is 0 Å². The van der Waals surface area contributed by atoms with Crippen LogP contribution in [0.15, 0.2) is 60.7 Å². The molecule has 0 aromatic heterocycles. The number of rotatable bonds is 1. The summed E-state index contributed by atoms with van der Waals surface area (Å²) in [4.78, 5) is 18.1. The summed E-state index contributed by atoms with van der Waals surface area (Å²) in [6.45, 7) is 4.19. The average molecular weight is 356 g/mol. The molecule has 0 N–H and O–H groups in total. The molecular formula is C24H24N2O. The van der Waals surface area contributed by atoms with Crippen molar-refractivity contribution in [1.82, 2.24) is 4.90 Å². The Bertz CT molecular complexity index is 1040. The number of likely N-dealkylation sites (N-methyl/N-ethyl adjacent to an activating group) is 1. The lowest BCUT2D eigenvalue weighted by Gasteiger charge is -2.36. The minimum Gasteiger partial charge on any atom is -0.306 e. The molecule has 0 bridgehead atoms. The van der Waals surface area contributed by atoms with Crippen LogP contribution in [0.4, 0.5) is 5.69 Å². The van der Waals surface area contributed by atoms with E-state index in [1.807, 2.05) is 24.3 Å². The van der Waals surface area contributed by atoms with Gasteiger partial charge in [0.15, 0.2) is 0 Å². The fourth-order valence-electron chi connectivity index (χ4n) is 4.81. The molecular weight excluding hydrogens is 332 g/mol. The Morgan fingerprint density at radius 2 is 1.81 bits per heavy atom. The van der Waals surface area contributed by atoms with Crippen molar-refractivity contribution in [3.05, 3.63) is 77.4 Å². The van der Waals surface area contributed by atoms with Crippen LogP contribution in [0, 0.1) is 6.92 Å². The molecule has 5 rings (SSSR count). The van der Waals surface area contributed by atoms with Crippen molar-refractivity contribution >= 4 is 22.4 Å². The van der Waals surface area contributed by atoms with E-state index >= 15 is 0 Å². The third kappa shape index (κ3) is 2.65. The standard InChI is InChI=1S/C24H24N2O/c1-16-7-10-22-20(13-16)21-15-25(2)12-11-23(21)26(22)24(27)19-9-8-17-5-3-4-6-18(17)14-19/h3-10,13-14,21,23H,11-12,15H2,1-2H3/t21-,23+/m1/s1. The van der Waals surface area contributed by atoms with Gasteiger partial charge < -0.3 is 9.80 Å². The molecule has 0 radical (unpaired) electrons. The summed E-state index contributed by atoms with van der Waals surface area (Å²) in [5, 5.41) is 2.29. The molecule has 27 heavy (non-hydrogen) atoms. The molecule has 3 heteroatoms. The fraction of sp³-hybridized carbons (Fsp3) is 0.292. The van der Waals surface area contributed by atoms with Gasteiger partial charge in [0, 0.05) is 29.8 Å². The molecule has 2 atom stereocenters. The number of likely N-dealkylation sites (tertiary alicyclic amines) is 1. The van der Waals surface area contributed by atoms with Crippen LogP contribution >= 0.6 is 0 Å².